The molecule has 0 aliphatic heterocycles. The van der Waals surface area contributed by atoms with E-state index in [2.05, 4.69) is 15.2 Å². The van der Waals surface area contributed by atoms with Gasteiger partial charge in [0, 0.05) is 52.0 Å². The van der Waals surface area contributed by atoms with Crippen molar-refractivity contribution in [3.63, 3.8) is 0 Å². The first-order valence-corrected chi connectivity index (χ1v) is 8.36. The minimum atomic E-state index is 0.700. The minimum absolute atomic E-state index is 0.700. The van der Waals surface area contributed by atoms with Crippen molar-refractivity contribution in [2.45, 2.75) is 26.3 Å². The van der Waals surface area contributed by atoms with Crippen molar-refractivity contribution in [1.29, 1.82) is 0 Å². The van der Waals surface area contributed by atoms with Gasteiger partial charge in [-0.1, -0.05) is 0 Å². The van der Waals surface area contributed by atoms with Crippen LogP contribution in [-0.4, -0.2) is 58.9 Å². The van der Waals surface area contributed by atoms with Crippen LogP contribution in [0, 0.1) is 0 Å². The van der Waals surface area contributed by atoms with E-state index < -0.39 is 0 Å². The standard InChI is InChI=1S/C18H31N3O3/c1-6-24-12-8-7-11-20-18(19-2)21(3)14-15-9-10-16(22-4)13-17(15)23-5/h9-10,13H,6-8,11-12,14H2,1-5H3,(H,19,20). The number of benzene rings is 1. The van der Waals surface area contributed by atoms with Crippen LogP contribution < -0.4 is 14.8 Å². The molecule has 1 aromatic rings. The van der Waals surface area contributed by atoms with Gasteiger partial charge < -0.3 is 24.4 Å². The van der Waals surface area contributed by atoms with Crippen LogP contribution in [-0.2, 0) is 11.3 Å². The van der Waals surface area contributed by atoms with Gasteiger partial charge in [-0.25, -0.2) is 0 Å². The summed E-state index contributed by atoms with van der Waals surface area (Å²) >= 11 is 0. The highest BCUT2D eigenvalue weighted by atomic mass is 16.5. The second kappa shape index (κ2) is 11.6. The van der Waals surface area contributed by atoms with Gasteiger partial charge in [-0.15, -0.1) is 0 Å². The molecule has 0 aliphatic rings. The van der Waals surface area contributed by atoms with E-state index in [1.807, 2.05) is 32.2 Å². The first-order chi connectivity index (χ1) is 11.7. The van der Waals surface area contributed by atoms with Crippen LogP contribution in [0.3, 0.4) is 0 Å². The molecule has 6 heteroatoms. The summed E-state index contributed by atoms with van der Waals surface area (Å²) in [5, 5.41) is 3.38. The first kappa shape index (κ1) is 20.1. The van der Waals surface area contributed by atoms with Gasteiger partial charge in [0.25, 0.3) is 0 Å². The molecule has 0 saturated carbocycles. The molecule has 0 radical (unpaired) electrons. The van der Waals surface area contributed by atoms with E-state index in [9.17, 15) is 0 Å². The number of nitrogens with zero attached hydrogens (tertiary/aromatic N) is 2. The number of nitrogens with one attached hydrogen (secondary N) is 1. The highest BCUT2D eigenvalue weighted by Gasteiger charge is 2.11. The zero-order chi connectivity index (χ0) is 17.8. The van der Waals surface area contributed by atoms with Gasteiger partial charge in [-0.2, -0.15) is 0 Å². The predicted octanol–water partition coefficient (Wildman–Crippen LogP) is 2.53. The summed E-state index contributed by atoms with van der Waals surface area (Å²) in [6, 6.07) is 5.85. The summed E-state index contributed by atoms with van der Waals surface area (Å²) in [5.41, 5.74) is 1.08. The quantitative estimate of drug-likeness (QED) is 0.404. The molecule has 0 unspecified atom stereocenters. The van der Waals surface area contributed by atoms with E-state index in [4.69, 9.17) is 14.2 Å². The fourth-order valence-corrected chi connectivity index (χ4v) is 2.37. The molecular formula is C18H31N3O3. The molecule has 6 nitrogen and oxygen atoms in total. The molecule has 0 aliphatic carbocycles. The van der Waals surface area contributed by atoms with Gasteiger partial charge in [0.05, 0.1) is 14.2 Å². The van der Waals surface area contributed by atoms with Crippen molar-refractivity contribution in [1.82, 2.24) is 10.2 Å². The highest BCUT2D eigenvalue weighted by Crippen LogP contribution is 2.25. The molecular weight excluding hydrogens is 306 g/mol. The lowest BCUT2D eigenvalue weighted by Crippen LogP contribution is -2.39. The van der Waals surface area contributed by atoms with Gasteiger partial charge in [0.2, 0.25) is 0 Å². The van der Waals surface area contributed by atoms with Crippen LogP contribution in [0.2, 0.25) is 0 Å². The maximum atomic E-state index is 5.46. The Hall–Kier alpha value is -1.95. The number of ether oxygens (including phenoxy) is 3. The van der Waals surface area contributed by atoms with Crippen LogP contribution in [0.25, 0.3) is 0 Å². The number of methoxy groups -OCH3 is 2. The molecule has 0 spiro atoms. The zero-order valence-corrected chi connectivity index (χ0v) is 15.6. The third-order valence-corrected chi connectivity index (χ3v) is 3.68. The average Bonchev–Trinajstić information content (AvgIpc) is 2.61. The molecule has 1 aromatic carbocycles. The maximum Gasteiger partial charge on any atom is 0.193 e. The van der Waals surface area contributed by atoms with Crippen molar-refractivity contribution in [2.75, 3.05) is 48.1 Å². The lowest BCUT2D eigenvalue weighted by molar-refractivity contribution is 0.143. The Morgan fingerprint density at radius 1 is 1.21 bits per heavy atom. The molecule has 0 saturated heterocycles. The number of rotatable bonds is 10. The SMILES string of the molecule is CCOCCCCNC(=NC)N(C)Cc1ccc(OC)cc1OC. The minimum Gasteiger partial charge on any atom is -0.497 e. The van der Waals surface area contributed by atoms with E-state index >= 15 is 0 Å². The van der Waals surface area contributed by atoms with Gasteiger partial charge in [-0.3, -0.25) is 4.99 Å². The molecule has 136 valence electrons. The van der Waals surface area contributed by atoms with Gasteiger partial charge in [-0.05, 0) is 31.9 Å². The van der Waals surface area contributed by atoms with Crippen molar-refractivity contribution >= 4 is 5.96 Å². The van der Waals surface area contributed by atoms with E-state index in [-0.39, 0.29) is 0 Å². The number of unbranched alkanes of at least 4 members (excludes halogenated alkanes) is 1. The monoisotopic (exact) mass is 337 g/mol. The first-order valence-electron chi connectivity index (χ1n) is 8.36. The van der Waals surface area contributed by atoms with Crippen molar-refractivity contribution in [3.8, 4) is 11.5 Å². The molecule has 0 atom stereocenters. The van der Waals surface area contributed by atoms with Crippen molar-refractivity contribution in [2.24, 2.45) is 4.99 Å². The third-order valence-electron chi connectivity index (χ3n) is 3.68. The molecule has 0 aromatic heterocycles. The topological polar surface area (TPSA) is 55.3 Å². The van der Waals surface area contributed by atoms with Crippen molar-refractivity contribution < 1.29 is 14.2 Å². The number of hydrogen-bond donors (Lipinski definition) is 1. The molecule has 0 bridgehead atoms. The predicted molar refractivity (Wildman–Crippen MR) is 98.1 cm³/mol. The Bertz CT molecular complexity index is 506. The molecule has 1 N–H and O–H groups in total. The average molecular weight is 337 g/mol. The molecule has 0 fully saturated rings. The highest BCUT2D eigenvalue weighted by molar-refractivity contribution is 5.79. The summed E-state index contributed by atoms with van der Waals surface area (Å²) in [4.78, 5) is 6.42. The molecule has 0 amide bonds. The van der Waals surface area contributed by atoms with Crippen LogP contribution >= 0.6 is 0 Å². The van der Waals surface area contributed by atoms with Gasteiger partial charge in [0.1, 0.15) is 11.5 Å². The lowest BCUT2D eigenvalue weighted by atomic mass is 10.2. The van der Waals surface area contributed by atoms with Crippen LogP contribution in [0.15, 0.2) is 23.2 Å². The Kier molecular flexibility index (Phi) is 9.68. The second-order valence-electron chi connectivity index (χ2n) is 5.41. The largest absolute Gasteiger partial charge is 0.497 e. The molecule has 24 heavy (non-hydrogen) atoms. The number of hydrogen-bond acceptors (Lipinski definition) is 4. The lowest BCUT2D eigenvalue weighted by Gasteiger charge is -2.23. The Morgan fingerprint density at radius 2 is 2.00 bits per heavy atom. The fraction of sp³-hybridized carbons (Fsp3) is 0.611. The Balaban J connectivity index is 2.53. The molecule has 1 rings (SSSR count). The van der Waals surface area contributed by atoms with E-state index in [0.29, 0.717) is 6.54 Å². The summed E-state index contributed by atoms with van der Waals surface area (Å²) in [6.45, 7) is 5.19. The van der Waals surface area contributed by atoms with E-state index in [1.165, 1.54) is 0 Å². The molecule has 0 heterocycles. The third kappa shape index (κ3) is 6.66. The Morgan fingerprint density at radius 3 is 2.62 bits per heavy atom. The van der Waals surface area contributed by atoms with Gasteiger partial charge >= 0.3 is 0 Å². The van der Waals surface area contributed by atoms with E-state index in [1.54, 1.807) is 21.3 Å². The van der Waals surface area contributed by atoms with Crippen LogP contribution in [0.5, 0.6) is 11.5 Å². The Labute approximate surface area is 145 Å². The van der Waals surface area contributed by atoms with Crippen molar-refractivity contribution in [3.05, 3.63) is 23.8 Å². The summed E-state index contributed by atoms with van der Waals surface area (Å²) in [7, 11) is 7.13. The zero-order valence-electron chi connectivity index (χ0n) is 15.6. The summed E-state index contributed by atoms with van der Waals surface area (Å²) < 4.78 is 16.0. The number of aliphatic imine (C=N–C) groups is 1. The smallest absolute Gasteiger partial charge is 0.193 e. The second-order valence-corrected chi connectivity index (χ2v) is 5.41. The maximum absolute atomic E-state index is 5.46. The summed E-state index contributed by atoms with van der Waals surface area (Å²) in [6.07, 6.45) is 2.10. The normalized spacial score (nSPS) is 11.3. The van der Waals surface area contributed by atoms with Crippen LogP contribution in [0.4, 0.5) is 0 Å². The summed E-state index contributed by atoms with van der Waals surface area (Å²) in [5.74, 6) is 2.47. The van der Waals surface area contributed by atoms with Crippen LogP contribution in [0.1, 0.15) is 25.3 Å². The van der Waals surface area contributed by atoms with E-state index in [0.717, 1.165) is 55.6 Å². The fourth-order valence-electron chi connectivity index (χ4n) is 2.37. The number of guanidine groups is 1. The van der Waals surface area contributed by atoms with Gasteiger partial charge in [0.15, 0.2) is 5.96 Å².